The zero-order chi connectivity index (χ0) is 30.9. The minimum Gasteiger partial charge on any atom is -0.494 e. The average Bonchev–Trinajstić information content (AvgIpc) is 2.97. The van der Waals surface area contributed by atoms with Crippen molar-refractivity contribution in [2.24, 2.45) is 5.92 Å². The van der Waals surface area contributed by atoms with Crippen LogP contribution in [0.1, 0.15) is 39.7 Å². The molecule has 0 saturated carbocycles. The number of carbonyl (C=O) groups is 2. The van der Waals surface area contributed by atoms with Crippen molar-refractivity contribution in [3.05, 3.63) is 88.4 Å². The van der Waals surface area contributed by atoms with Gasteiger partial charge in [-0.2, -0.15) is 0 Å². The van der Waals surface area contributed by atoms with Gasteiger partial charge in [-0.05, 0) is 73.4 Å². The lowest BCUT2D eigenvalue weighted by Gasteiger charge is -2.33. The van der Waals surface area contributed by atoms with Gasteiger partial charge in [0.25, 0.3) is 10.0 Å². The molecular weight excluding hydrogens is 597 g/mol. The summed E-state index contributed by atoms with van der Waals surface area (Å²) in [5, 5.41) is 3.57. The average molecular weight is 635 g/mol. The van der Waals surface area contributed by atoms with Crippen molar-refractivity contribution in [1.82, 2.24) is 10.2 Å². The van der Waals surface area contributed by atoms with E-state index in [0.717, 1.165) is 4.31 Å². The third kappa shape index (κ3) is 8.63. The molecule has 2 amide bonds. The first-order chi connectivity index (χ1) is 20.0. The number of halogens is 2. The number of rotatable bonds is 14. The maximum absolute atomic E-state index is 14.1. The van der Waals surface area contributed by atoms with Crippen LogP contribution >= 0.6 is 23.2 Å². The molecular formula is C31H37Cl2N3O5S. The molecule has 3 aromatic rings. The van der Waals surface area contributed by atoms with Crippen LogP contribution in [0.5, 0.6) is 5.75 Å². The normalized spacial score (nSPS) is 12.1. The molecule has 0 fully saturated rings. The number of nitrogens with one attached hydrogen (secondary N) is 1. The maximum Gasteiger partial charge on any atom is 0.264 e. The summed E-state index contributed by atoms with van der Waals surface area (Å²) in [6.45, 7) is 7.97. The number of amides is 2. The number of anilines is 1. The lowest BCUT2D eigenvalue weighted by atomic mass is 10.1. The van der Waals surface area contributed by atoms with Gasteiger partial charge >= 0.3 is 0 Å². The Morgan fingerprint density at radius 2 is 1.60 bits per heavy atom. The quantitative estimate of drug-likeness (QED) is 0.229. The van der Waals surface area contributed by atoms with Crippen molar-refractivity contribution in [3.8, 4) is 5.75 Å². The summed E-state index contributed by atoms with van der Waals surface area (Å²) in [7, 11) is -4.16. The molecule has 0 heterocycles. The van der Waals surface area contributed by atoms with Crippen molar-refractivity contribution < 1.29 is 22.7 Å². The van der Waals surface area contributed by atoms with Crippen LogP contribution in [0.2, 0.25) is 10.0 Å². The highest BCUT2D eigenvalue weighted by Gasteiger charge is 2.33. The summed E-state index contributed by atoms with van der Waals surface area (Å²) in [6.07, 6.45) is 0.311. The van der Waals surface area contributed by atoms with Gasteiger partial charge in [0.05, 0.1) is 27.2 Å². The zero-order valence-electron chi connectivity index (χ0n) is 24.2. The van der Waals surface area contributed by atoms with Crippen LogP contribution < -0.4 is 14.4 Å². The van der Waals surface area contributed by atoms with Gasteiger partial charge in [0.2, 0.25) is 11.8 Å². The van der Waals surface area contributed by atoms with Crippen LogP contribution in [-0.2, 0) is 26.2 Å². The third-order valence-corrected chi connectivity index (χ3v) is 8.98. The molecule has 3 rings (SSSR count). The van der Waals surface area contributed by atoms with E-state index in [1.165, 1.54) is 17.0 Å². The third-order valence-electron chi connectivity index (χ3n) is 6.45. The van der Waals surface area contributed by atoms with E-state index in [4.69, 9.17) is 27.9 Å². The predicted molar refractivity (Wildman–Crippen MR) is 168 cm³/mol. The molecule has 3 aromatic carbocycles. The molecule has 11 heteroatoms. The highest BCUT2D eigenvalue weighted by molar-refractivity contribution is 7.92. The lowest BCUT2D eigenvalue weighted by molar-refractivity contribution is -0.140. The van der Waals surface area contributed by atoms with Gasteiger partial charge in [-0.15, -0.1) is 0 Å². The molecule has 0 bridgehead atoms. The first kappa shape index (κ1) is 33.2. The monoisotopic (exact) mass is 633 g/mol. The Morgan fingerprint density at radius 1 is 0.929 bits per heavy atom. The van der Waals surface area contributed by atoms with Gasteiger partial charge in [-0.3, -0.25) is 13.9 Å². The standard InChI is InChI=1S/C31H37Cl2N3O5S/c1-5-29(31(38)34-19-22(3)4)35(20-23-12-17-27(32)28(33)18-23)30(37)21-36(24-13-15-25(16-14-24)41-6-2)42(39,40)26-10-8-7-9-11-26/h7-18,22,29H,5-6,19-21H2,1-4H3,(H,34,38). The van der Waals surface area contributed by atoms with Gasteiger partial charge < -0.3 is 15.0 Å². The summed E-state index contributed by atoms with van der Waals surface area (Å²) >= 11 is 12.4. The first-order valence-electron chi connectivity index (χ1n) is 13.8. The number of hydrogen-bond donors (Lipinski definition) is 1. The molecule has 0 spiro atoms. The van der Waals surface area contributed by atoms with Crippen LogP contribution in [0.3, 0.4) is 0 Å². The van der Waals surface area contributed by atoms with Crippen molar-refractivity contribution in [2.75, 3.05) is 24.0 Å². The second-order valence-electron chi connectivity index (χ2n) is 10.1. The van der Waals surface area contributed by atoms with Crippen LogP contribution in [-0.4, -0.2) is 50.9 Å². The van der Waals surface area contributed by atoms with Crippen LogP contribution in [0, 0.1) is 5.92 Å². The van der Waals surface area contributed by atoms with E-state index >= 15 is 0 Å². The molecule has 0 aliphatic rings. The Morgan fingerprint density at radius 3 is 2.17 bits per heavy atom. The lowest BCUT2D eigenvalue weighted by Crippen LogP contribution is -2.52. The van der Waals surface area contributed by atoms with E-state index < -0.39 is 28.5 Å². The molecule has 42 heavy (non-hydrogen) atoms. The van der Waals surface area contributed by atoms with Crippen molar-refractivity contribution in [2.45, 2.75) is 51.6 Å². The summed E-state index contributed by atoms with van der Waals surface area (Å²) in [5.74, 6) is -0.102. The highest BCUT2D eigenvalue weighted by atomic mass is 35.5. The number of ether oxygens (including phenoxy) is 1. The maximum atomic E-state index is 14.1. The van der Waals surface area contributed by atoms with Gasteiger partial charge in [0.15, 0.2) is 0 Å². The van der Waals surface area contributed by atoms with Gasteiger partial charge in [0, 0.05) is 13.1 Å². The number of benzene rings is 3. The first-order valence-corrected chi connectivity index (χ1v) is 16.0. The van der Waals surface area contributed by atoms with Gasteiger partial charge in [0.1, 0.15) is 18.3 Å². The molecule has 0 aromatic heterocycles. The predicted octanol–water partition coefficient (Wildman–Crippen LogP) is 6.17. The van der Waals surface area contributed by atoms with Crippen LogP contribution in [0.4, 0.5) is 5.69 Å². The topological polar surface area (TPSA) is 96.0 Å². The molecule has 0 saturated heterocycles. The number of carbonyl (C=O) groups excluding carboxylic acids is 2. The fourth-order valence-corrected chi connectivity index (χ4v) is 6.06. The minimum atomic E-state index is -4.16. The summed E-state index contributed by atoms with van der Waals surface area (Å²) in [5.41, 5.74) is 0.925. The Bertz CT molecular complexity index is 1450. The Labute approximate surface area is 258 Å². The van der Waals surface area contributed by atoms with E-state index in [-0.39, 0.29) is 29.0 Å². The van der Waals surface area contributed by atoms with E-state index in [1.54, 1.807) is 67.6 Å². The Hall–Kier alpha value is -3.27. The number of nitrogens with zero attached hydrogens (tertiary/aromatic N) is 2. The molecule has 0 aliphatic heterocycles. The number of sulfonamides is 1. The molecule has 1 unspecified atom stereocenters. The highest BCUT2D eigenvalue weighted by Crippen LogP contribution is 2.28. The number of hydrogen-bond acceptors (Lipinski definition) is 5. The van der Waals surface area contributed by atoms with Crippen LogP contribution in [0.25, 0.3) is 0 Å². The largest absolute Gasteiger partial charge is 0.494 e. The van der Waals surface area contributed by atoms with E-state index in [1.807, 2.05) is 20.8 Å². The molecule has 0 aliphatic carbocycles. The van der Waals surface area contributed by atoms with E-state index in [2.05, 4.69) is 5.32 Å². The van der Waals surface area contributed by atoms with Crippen LogP contribution in [0.15, 0.2) is 77.7 Å². The minimum absolute atomic E-state index is 0.0197. The summed E-state index contributed by atoms with van der Waals surface area (Å²) in [4.78, 5) is 28.9. The Balaban J connectivity index is 2.05. The summed E-state index contributed by atoms with van der Waals surface area (Å²) in [6, 6.07) is 18.5. The van der Waals surface area contributed by atoms with Gasteiger partial charge in [-0.1, -0.05) is 68.2 Å². The molecule has 226 valence electrons. The SMILES string of the molecule is CCOc1ccc(N(CC(=O)N(Cc2ccc(Cl)c(Cl)c2)C(CC)C(=O)NCC(C)C)S(=O)(=O)c2ccccc2)cc1. The Kier molecular flexibility index (Phi) is 12.1. The van der Waals surface area contributed by atoms with Gasteiger partial charge in [-0.25, -0.2) is 8.42 Å². The second-order valence-corrected chi connectivity index (χ2v) is 12.8. The molecule has 1 N–H and O–H groups in total. The smallest absolute Gasteiger partial charge is 0.264 e. The van der Waals surface area contributed by atoms with Crippen molar-refractivity contribution in [1.29, 1.82) is 0 Å². The van der Waals surface area contributed by atoms with E-state index in [0.29, 0.717) is 40.9 Å². The molecule has 1 atom stereocenters. The fraction of sp³-hybridized carbons (Fsp3) is 0.355. The fourth-order valence-electron chi connectivity index (χ4n) is 4.30. The second kappa shape index (κ2) is 15.3. The summed E-state index contributed by atoms with van der Waals surface area (Å²) < 4.78 is 34.4. The zero-order valence-corrected chi connectivity index (χ0v) is 26.5. The van der Waals surface area contributed by atoms with E-state index in [9.17, 15) is 18.0 Å². The van der Waals surface area contributed by atoms with Crippen molar-refractivity contribution in [3.63, 3.8) is 0 Å². The van der Waals surface area contributed by atoms with Crippen molar-refractivity contribution >= 4 is 50.7 Å². The molecule has 8 nitrogen and oxygen atoms in total. The molecule has 0 radical (unpaired) electrons.